The van der Waals surface area contributed by atoms with Gasteiger partial charge < -0.3 is 9.88 Å². The van der Waals surface area contributed by atoms with Crippen molar-refractivity contribution < 1.29 is 4.79 Å². The van der Waals surface area contributed by atoms with E-state index in [9.17, 15) is 4.79 Å². The molecule has 1 amide bonds. The lowest BCUT2D eigenvalue weighted by Gasteiger charge is -2.30. The van der Waals surface area contributed by atoms with Gasteiger partial charge in [-0.15, -0.1) is 0 Å². The van der Waals surface area contributed by atoms with E-state index in [2.05, 4.69) is 18.8 Å². The zero-order valence-electron chi connectivity index (χ0n) is 14.2. The van der Waals surface area contributed by atoms with Crippen molar-refractivity contribution >= 4 is 45.7 Å². The van der Waals surface area contributed by atoms with E-state index in [1.165, 1.54) is 0 Å². The predicted octanol–water partition coefficient (Wildman–Crippen LogP) is 6.31. The number of anilines is 1. The average molecular weight is 375 g/mol. The molecular formula is C20H20Cl2N2O. The first-order chi connectivity index (χ1) is 12.1. The van der Waals surface area contributed by atoms with Gasteiger partial charge in [-0.1, -0.05) is 55.2 Å². The van der Waals surface area contributed by atoms with Crippen LogP contribution in [0.1, 0.15) is 37.0 Å². The number of para-hydroxylation sites is 1. The number of hydrogen-bond donors (Lipinski definition) is 1. The van der Waals surface area contributed by atoms with Gasteiger partial charge in [0.05, 0.1) is 16.3 Å². The Morgan fingerprint density at radius 2 is 1.84 bits per heavy atom. The molecule has 3 aromatic rings. The summed E-state index contributed by atoms with van der Waals surface area (Å²) in [5.74, 6) is -0.111. The van der Waals surface area contributed by atoms with Crippen LogP contribution in [0.25, 0.3) is 10.9 Å². The van der Waals surface area contributed by atoms with Gasteiger partial charge in [-0.3, -0.25) is 4.79 Å². The molecule has 0 radical (unpaired) electrons. The van der Waals surface area contributed by atoms with Crippen molar-refractivity contribution in [2.45, 2.75) is 32.7 Å². The number of halogens is 2. The molecule has 0 atom stereocenters. The van der Waals surface area contributed by atoms with Gasteiger partial charge in [0.1, 0.15) is 0 Å². The van der Waals surface area contributed by atoms with E-state index >= 15 is 0 Å². The van der Waals surface area contributed by atoms with E-state index in [0.717, 1.165) is 29.4 Å². The molecule has 5 heteroatoms. The van der Waals surface area contributed by atoms with Crippen molar-refractivity contribution in [2.75, 3.05) is 4.90 Å². The van der Waals surface area contributed by atoms with Crippen molar-refractivity contribution in [2.24, 2.45) is 0 Å². The number of H-pyrrole nitrogens is 1. The monoisotopic (exact) mass is 374 g/mol. The summed E-state index contributed by atoms with van der Waals surface area (Å²) in [6, 6.07) is 13.1. The zero-order chi connectivity index (χ0) is 18.0. The molecule has 1 aromatic heterocycles. The molecule has 0 unspecified atom stereocenters. The number of rotatable bonds is 5. The Balaban J connectivity index is 2.13. The van der Waals surface area contributed by atoms with Crippen molar-refractivity contribution in [3.05, 3.63) is 64.3 Å². The Morgan fingerprint density at radius 3 is 2.52 bits per heavy atom. The molecule has 0 aliphatic heterocycles. The van der Waals surface area contributed by atoms with Crippen LogP contribution >= 0.6 is 23.2 Å². The van der Waals surface area contributed by atoms with Gasteiger partial charge in [0, 0.05) is 28.2 Å². The first kappa shape index (κ1) is 17.8. The maximum atomic E-state index is 13.4. The third-order valence-corrected chi connectivity index (χ3v) is 5.06. The van der Waals surface area contributed by atoms with Crippen molar-refractivity contribution in [3.8, 4) is 0 Å². The second-order valence-corrected chi connectivity index (χ2v) is 6.83. The minimum Gasteiger partial charge on any atom is -0.359 e. The first-order valence-electron chi connectivity index (χ1n) is 8.41. The summed E-state index contributed by atoms with van der Waals surface area (Å²) < 4.78 is 0. The van der Waals surface area contributed by atoms with Crippen LogP contribution in [0.4, 0.5) is 5.69 Å². The molecule has 0 saturated heterocycles. The molecule has 0 saturated carbocycles. The molecule has 25 heavy (non-hydrogen) atoms. The van der Waals surface area contributed by atoms with E-state index in [0.29, 0.717) is 15.6 Å². The lowest BCUT2D eigenvalue weighted by Crippen LogP contribution is -2.40. The van der Waals surface area contributed by atoms with Crippen LogP contribution in [0, 0.1) is 0 Å². The number of nitrogens with zero attached hydrogens (tertiary/aromatic N) is 1. The highest BCUT2D eigenvalue weighted by Crippen LogP contribution is 2.32. The summed E-state index contributed by atoms with van der Waals surface area (Å²) in [6.45, 7) is 4.18. The van der Waals surface area contributed by atoms with Gasteiger partial charge in [-0.05, 0) is 37.1 Å². The summed E-state index contributed by atoms with van der Waals surface area (Å²) in [7, 11) is 0. The Hall–Kier alpha value is -1.97. The summed E-state index contributed by atoms with van der Waals surface area (Å²) in [5.41, 5.74) is 2.34. The predicted molar refractivity (Wildman–Crippen MR) is 106 cm³/mol. The van der Waals surface area contributed by atoms with E-state index in [1.807, 2.05) is 35.4 Å². The number of hydrogen-bond acceptors (Lipinski definition) is 1. The summed E-state index contributed by atoms with van der Waals surface area (Å²) in [4.78, 5) is 18.5. The summed E-state index contributed by atoms with van der Waals surface area (Å²) in [5, 5.41) is 1.91. The van der Waals surface area contributed by atoms with Gasteiger partial charge >= 0.3 is 0 Å². The molecule has 2 aromatic carbocycles. The van der Waals surface area contributed by atoms with Gasteiger partial charge in [0.25, 0.3) is 5.91 Å². The van der Waals surface area contributed by atoms with Gasteiger partial charge in [0.15, 0.2) is 0 Å². The van der Waals surface area contributed by atoms with Gasteiger partial charge in [-0.2, -0.15) is 0 Å². The third kappa shape index (κ3) is 3.39. The van der Waals surface area contributed by atoms with Crippen LogP contribution in [0.2, 0.25) is 10.0 Å². The SMILES string of the molecule is CCC(CC)N(C(=O)c1ccc(Cl)cc1Cl)c1c[nH]c2ccccc12. The Bertz CT molecular complexity index is 900. The van der Waals surface area contributed by atoms with Crippen molar-refractivity contribution in [1.29, 1.82) is 0 Å². The number of carbonyl (C=O) groups is 1. The van der Waals surface area contributed by atoms with E-state index in [4.69, 9.17) is 23.2 Å². The second-order valence-electron chi connectivity index (χ2n) is 5.99. The second kappa shape index (κ2) is 7.51. The first-order valence-corrected chi connectivity index (χ1v) is 9.17. The molecule has 1 heterocycles. The van der Waals surface area contributed by atoms with Gasteiger partial charge in [-0.25, -0.2) is 0 Å². The Kier molecular flexibility index (Phi) is 5.36. The maximum Gasteiger partial charge on any atom is 0.260 e. The highest BCUT2D eigenvalue weighted by atomic mass is 35.5. The maximum absolute atomic E-state index is 13.4. The molecule has 0 bridgehead atoms. The minimum atomic E-state index is -0.111. The number of fused-ring (bicyclic) bond motifs is 1. The highest BCUT2D eigenvalue weighted by molar-refractivity contribution is 6.37. The molecule has 1 N–H and O–H groups in total. The fourth-order valence-electron chi connectivity index (χ4n) is 3.17. The van der Waals surface area contributed by atoms with Gasteiger partial charge in [0.2, 0.25) is 0 Å². The number of carbonyl (C=O) groups excluding carboxylic acids is 1. The largest absolute Gasteiger partial charge is 0.359 e. The van der Waals surface area contributed by atoms with E-state index < -0.39 is 0 Å². The van der Waals surface area contributed by atoms with Crippen LogP contribution < -0.4 is 4.90 Å². The Morgan fingerprint density at radius 1 is 1.12 bits per heavy atom. The number of aromatic nitrogens is 1. The molecule has 0 aliphatic carbocycles. The van der Waals surface area contributed by atoms with Crippen LogP contribution in [0.15, 0.2) is 48.7 Å². The van der Waals surface area contributed by atoms with Crippen LogP contribution in [0.3, 0.4) is 0 Å². The molecule has 0 fully saturated rings. The lowest BCUT2D eigenvalue weighted by molar-refractivity contribution is 0.0975. The topological polar surface area (TPSA) is 36.1 Å². The fraction of sp³-hybridized carbons (Fsp3) is 0.250. The molecule has 0 spiro atoms. The minimum absolute atomic E-state index is 0.0819. The molecule has 0 aliphatic rings. The van der Waals surface area contributed by atoms with Crippen molar-refractivity contribution in [1.82, 2.24) is 4.98 Å². The molecule has 3 rings (SSSR count). The molecular weight excluding hydrogens is 355 g/mol. The average Bonchev–Trinajstić information content (AvgIpc) is 3.02. The smallest absolute Gasteiger partial charge is 0.260 e. The fourth-order valence-corrected chi connectivity index (χ4v) is 3.66. The summed E-state index contributed by atoms with van der Waals surface area (Å²) >= 11 is 12.3. The third-order valence-electron chi connectivity index (χ3n) is 4.51. The summed E-state index contributed by atoms with van der Waals surface area (Å²) in [6.07, 6.45) is 3.60. The van der Waals surface area contributed by atoms with Crippen LogP contribution in [-0.4, -0.2) is 16.9 Å². The van der Waals surface area contributed by atoms with E-state index in [1.54, 1.807) is 18.2 Å². The standard InChI is InChI=1S/C20H20Cl2N2O/c1-3-14(4-2)24(19-12-23-18-8-6-5-7-16(18)19)20(25)15-10-9-13(21)11-17(15)22/h5-12,14,23H,3-4H2,1-2H3. The molecule has 3 nitrogen and oxygen atoms in total. The zero-order valence-corrected chi connectivity index (χ0v) is 15.7. The molecule has 130 valence electrons. The number of benzene rings is 2. The number of nitrogens with one attached hydrogen (secondary N) is 1. The van der Waals surface area contributed by atoms with Crippen LogP contribution in [-0.2, 0) is 0 Å². The van der Waals surface area contributed by atoms with Crippen molar-refractivity contribution in [3.63, 3.8) is 0 Å². The van der Waals surface area contributed by atoms with E-state index in [-0.39, 0.29) is 11.9 Å². The number of amides is 1. The van der Waals surface area contributed by atoms with Crippen LogP contribution in [0.5, 0.6) is 0 Å². The Labute approximate surface area is 157 Å². The highest BCUT2D eigenvalue weighted by Gasteiger charge is 2.27. The number of aromatic amines is 1. The lowest BCUT2D eigenvalue weighted by atomic mass is 10.1. The quantitative estimate of drug-likeness (QED) is 0.557. The normalized spacial score (nSPS) is 11.2.